The predicted octanol–water partition coefficient (Wildman–Crippen LogP) is 4.56. The maximum absolute atomic E-state index is 13.4. The molecule has 0 radical (unpaired) electrons. The van der Waals surface area contributed by atoms with Crippen LogP contribution in [0.15, 0.2) is 40.3 Å². The molecule has 0 N–H and O–H groups in total. The minimum absolute atomic E-state index is 0.0622. The molecule has 1 aromatic carbocycles. The highest BCUT2D eigenvalue weighted by Gasteiger charge is 2.20. The maximum Gasteiger partial charge on any atom is 0.267 e. The van der Waals surface area contributed by atoms with Crippen LogP contribution in [0, 0.1) is 13.8 Å². The van der Waals surface area contributed by atoms with Gasteiger partial charge in [-0.3, -0.25) is 14.2 Å². The Morgan fingerprint density at radius 1 is 1.10 bits per heavy atom. The molecule has 4 rings (SSSR count). The summed E-state index contributed by atoms with van der Waals surface area (Å²) in [5.74, 6) is 0.429. The number of carbonyl (C=O) groups excluding carboxylic acids is 1. The maximum atomic E-state index is 13.4. The molecular formula is C22H25N3O2S2. The predicted molar refractivity (Wildman–Crippen MR) is 120 cm³/mol. The van der Waals surface area contributed by atoms with Gasteiger partial charge in [0, 0.05) is 18.0 Å². The summed E-state index contributed by atoms with van der Waals surface area (Å²) in [5.41, 5.74) is 1.71. The summed E-state index contributed by atoms with van der Waals surface area (Å²) in [6.45, 7) is 5.66. The molecule has 0 saturated carbocycles. The quantitative estimate of drug-likeness (QED) is 0.452. The van der Waals surface area contributed by atoms with Gasteiger partial charge in [-0.15, -0.1) is 11.3 Å². The van der Waals surface area contributed by atoms with Crippen molar-refractivity contribution in [1.29, 1.82) is 0 Å². The first kappa shape index (κ1) is 20.2. The second-order valence-corrected chi connectivity index (χ2v) is 9.56. The average Bonchev–Trinajstić information content (AvgIpc) is 2.91. The van der Waals surface area contributed by atoms with Crippen molar-refractivity contribution in [2.24, 2.45) is 0 Å². The zero-order chi connectivity index (χ0) is 20.4. The molecule has 3 heterocycles. The fourth-order valence-corrected chi connectivity index (χ4v) is 5.70. The van der Waals surface area contributed by atoms with Crippen LogP contribution in [0.2, 0.25) is 0 Å². The monoisotopic (exact) mass is 427 g/mol. The van der Waals surface area contributed by atoms with Crippen molar-refractivity contribution in [3.05, 3.63) is 51.1 Å². The van der Waals surface area contributed by atoms with Gasteiger partial charge in [0.1, 0.15) is 4.83 Å². The van der Waals surface area contributed by atoms with Crippen LogP contribution in [0.3, 0.4) is 0 Å². The number of rotatable bonds is 4. The van der Waals surface area contributed by atoms with E-state index >= 15 is 0 Å². The second-order valence-electron chi connectivity index (χ2n) is 7.42. The Morgan fingerprint density at radius 2 is 1.79 bits per heavy atom. The van der Waals surface area contributed by atoms with E-state index < -0.39 is 0 Å². The topological polar surface area (TPSA) is 55.2 Å². The lowest BCUT2D eigenvalue weighted by molar-refractivity contribution is -0.128. The highest BCUT2D eigenvalue weighted by molar-refractivity contribution is 7.99. The smallest absolute Gasteiger partial charge is 0.267 e. The first-order valence-electron chi connectivity index (χ1n) is 10.0. The number of aryl methyl sites for hydroxylation is 2. The number of likely N-dealkylation sites (tertiary alicyclic amines) is 1. The Bertz CT molecular complexity index is 1080. The zero-order valence-corrected chi connectivity index (χ0v) is 18.4. The fraction of sp³-hybridized carbons (Fsp3) is 0.409. The number of carbonyl (C=O) groups is 1. The van der Waals surface area contributed by atoms with Crippen LogP contribution in [-0.2, 0) is 4.79 Å². The number of thiophene rings is 1. The van der Waals surface area contributed by atoms with Crippen molar-refractivity contribution < 1.29 is 4.79 Å². The molecule has 1 saturated heterocycles. The standard InChI is InChI=1S/C22H25N3O2S2/c1-15-16(2)29-20-19(15)21(27)25(17-10-6-5-7-11-17)22(23-20)28-14-18(26)24-12-8-3-4-9-13-24/h5-7,10-11H,3-4,8-9,12-14H2,1-2H3. The molecule has 1 aliphatic heterocycles. The highest BCUT2D eigenvalue weighted by atomic mass is 32.2. The van der Waals surface area contributed by atoms with Gasteiger partial charge in [0.15, 0.2) is 5.16 Å². The van der Waals surface area contributed by atoms with E-state index in [2.05, 4.69) is 0 Å². The minimum Gasteiger partial charge on any atom is -0.342 e. The lowest BCUT2D eigenvalue weighted by Crippen LogP contribution is -2.33. The highest BCUT2D eigenvalue weighted by Crippen LogP contribution is 2.29. The lowest BCUT2D eigenvalue weighted by atomic mass is 10.2. The minimum atomic E-state index is -0.0622. The molecule has 152 valence electrons. The summed E-state index contributed by atoms with van der Waals surface area (Å²) in [5, 5.41) is 1.26. The van der Waals surface area contributed by atoms with Gasteiger partial charge in [-0.1, -0.05) is 42.8 Å². The number of hydrogen-bond donors (Lipinski definition) is 0. The Balaban J connectivity index is 1.71. The number of nitrogens with zero attached hydrogens (tertiary/aromatic N) is 3. The number of thioether (sulfide) groups is 1. The Morgan fingerprint density at radius 3 is 2.48 bits per heavy atom. The van der Waals surface area contributed by atoms with E-state index in [0.717, 1.165) is 46.9 Å². The number of aromatic nitrogens is 2. The van der Waals surface area contributed by atoms with Crippen LogP contribution in [0.5, 0.6) is 0 Å². The molecule has 29 heavy (non-hydrogen) atoms. The van der Waals surface area contributed by atoms with Gasteiger partial charge in [0.05, 0.1) is 16.8 Å². The molecule has 1 aliphatic rings. The first-order valence-corrected chi connectivity index (χ1v) is 11.8. The molecule has 0 unspecified atom stereocenters. The number of amides is 1. The summed E-state index contributed by atoms with van der Waals surface area (Å²) < 4.78 is 1.65. The first-order chi connectivity index (χ1) is 14.1. The molecular weight excluding hydrogens is 402 g/mol. The van der Waals surface area contributed by atoms with Gasteiger partial charge in [-0.2, -0.15) is 0 Å². The van der Waals surface area contributed by atoms with Gasteiger partial charge in [0.2, 0.25) is 5.91 Å². The number of benzene rings is 1. The molecule has 1 amide bonds. The molecule has 0 bridgehead atoms. The summed E-state index contributed by atoms with van der Waals surface area (Å²) in [4.78, 5) is 34.8. The molecule has 7 heteroatoms. The van der Waals surface area contributed by atoms with Crippen LogP contribution in [-0.4, -0.2) is 39.2 Å². The van der Waals surface area contributed by atoms with Crippen molar-refractivity contribution in [2.45, 2.75) is 44.7 Å². The van der Waals surface area contributed by atoms with Crippen molar-refractivity contribution in [2.75, 3.05) is 18.8 Å². The molecule has 0 atom stereocenters. The van der Waals surface area contributed by atoms with Crippen LogP contribution in [0.1, 0.15) is 36.1 Å². The SMILES string of the molecule is Cc1sc2nc(SCC(=O)N3CCCCCC3)n(-c3ccccc3)c(=O)c2c1C. The third kappa shape index (κ3) is 4.12. The van der Waals surface area contributed by atoms with E-state index in [1.807, 2.05) is 49.1 Å². The van der Waals surface area contributed by atoms with E-state index in [-0.39, 0.29) is 11.5 Å². The van der Waals surface area contributed by atoms with Crippen molar-refractivity contribution >= 4 is 39.2 Å². The molecule has 0 spiro atoms. The summed E-state index contributed by atoms with van der Waals surface area (Å²) in [6.07, 6.45) is 4.53. The van der Waals surface area contributed by atoms with Gasteiger partial charge in [0.25, 0.3) is 5.56 Å². The van der Waals surface area contributed by atoms with E-state index in [1.165, 1.54) is 24.6 Å². The van der Waals surface area contributed by atoms with Crippen LogP contribution in [0.4, 0.5) is 0 Å². The molecule has 5 nitrogen and oxygen atoms in total. The van der Waals surface area contributed by atoms with E-state index in [4.69, 9.17) is 4.98 Å². The third-order valence-corrected chi connectivity index (χ3v) is 7.49. The summed E-state index contributed by atoms with van der Waals surface area (Å²) in [6, 6.07) is 9.56. The van der Waals surface area contributed by atoms with Crippen LogP contribution < -0.4 is 5.56 Å². The van der Waals surface area contributed by atoms with Crippen molar-refractivity contribution in [1.82, 2.24) is 14.5 Å². The molecule has 0 aliphatic carbocycles. The van der Waals surface area contributed by atoms with E-state index in [1.54, 1.807) is 15.9 Å². The normalized spacial score (nSPS) is 14.9. The summed E-state index contributed by atoms with van der Waals surface area (Å²) >= 11 is 2.90. The van der Waals surface area contributed by atoms with E-state index in [0.29, 0.717) is 16.3 Å². The number of fused-ring (bicyclic) bond motifs is 1. The fourth-order valence-electron chi connectivity index (χ4n) is 3.71. The Labute approximate surface area is 178 Å². The third-order valence-electron chi connectivity index (χ3n) is 5.47. The molecule has 1 fully saturated rings. The van der Waals surface area contributed by atoms with Gasteiger partial charge >= 0.3 is 0 Å². The number of hydrogen-bond acceptors (Lipinski definition) is 5. The van der Waals surface area contributed by atoms with Gasteiger partial charge < -0.3 is 4.90 Å². The zero-order valence-electron chi connectivity index (χ0n) is 16.8. The van der Waals surface area contributed by atoms with Crippen molar-refractivity contribution in [3.63, 3.8) is 0 Å². The number of para-hydroxylation sites is 1. The van der Waals surface area contributed by atoms with Gasteiger partial charge in [-0.25, -0.2) is 4.98 Å². The molecule has 3 aromatic rings. The Hall–Kier alpha value is -2.12. The summed E-state index contributed by atoms with van der Waals surface area (Å²) in [7, 11) is 0. The van der Waals surface area contributed by atoms with Gasteiger partial charge in [-0.05, 0) is 44.4 Å². The van der Waals surface area contributed by atoms with Crippen LogP contribution in [0.25, 0.3) is 15.9 Å². The van der Waals surface area contributed by atoms with Crippen LogP contribution >= 0.6 is 23.1 Å². The van der Waals surface area contributed by atoms with Crippen molar-refractivity contribution in [3.8, 4) is 5.69 Å². The van der Waals surface area contributed by atoms with E-state index in [9.17, 15) is 9.59 Å². The molecule has 2 aromatic heterocycles. The second kappa shape index (κ2) is 8.71. The largest absolute Gasteiger partial charge is 0.342 e. The Kier molecular flexibility index (Phi) is 6.06. The average molecular weight is 428 g/mol. The lowest BCUT2D eigenvalue weighted by Gasteiger charge is -2.20.